The summed E-state index contributed by atoms with van der Waals surface area (Å²) in [5.74, 6) is 0. The van der Waals surface area contributed by atoms with Crippen LogP contribution in [-0.4, -0.2) is 23.3 Å². The van der Waals surface area contributed by atoms with Crippen molar-refractivity contribution in [3.63, 3.8) is 0 Å². The maximum atomic E-state index is 9.76. The molecule has 1 fully saturated rings. The third-order valence-electron chi connectivity index (χ3n) is 3.30. The Hall–Kier alpha value is -0.860. The van der Waals surface area contributed by atoms with Gasteiger partial charge in [-0.15, -0.1) is 0 Å². The summed E-state index contributed by atoms with van der Waals surface area (Å²) in [6, 6.07) is 9.34. The van der Waals surface area contributed by atoms with Gasteiger partial charge in [0, 0.05) is 12.5 Å². The second-order valence-electron chi connectivity index (χ2n) is 5.80. The molecule has 0 radical (unpaired) electrons. The first kappa shape index (κ1) is 12.6. The molecule has 2 heteroatoms. The average molecular weight is 233 g/mol. The lowest BCUT2D eigenvalue weighted by molar-refractivity contribution is 0.0810. The topological polar surface area (TPSA) is 32.3 Å². The van der Waals surface area contributed by atoms with Crippen LogP contribution in [0.3, 0.4) is 0 Å². The summed E-state index contributed by atoms with van der Waals surface area (Å²) in [5.41, 5.74) is 1.98. The van der Waals surface area contributed by atoms with Gasteiger partial charge >= 0.3 is 0 Å². The van der Waals surface area contributed by atoms with Crippen molar-refractivity contribution in [1.29, 1.82) is 0 Å². The van der Waals surface area contributed by atoms with Gasteiger partial charge in [0.05, 0.1) is 5.60 Å². The molecule has 17 heavy (non-hydrogen) atoms. The van der Waals surface area contributed by atoms with E-state index in [2.05, 4.69) is 29.6 Å². The molecule has 1 aromatic carbocycles. The predicted octanol–water partition coefficient (Wildman–Crippen LogP) is 2.29. The molecule has 2 N–H and O–H groups in total. The molecule has 1 aromatic rings. The van der Waals surface area contributed by atoms with Crippen LogP contribution in [0.4, 0.5) is 0 Å². The van der Waals surface area contributed by atoms with Crippen molar-refractivity contribution >= 4 is 0 Å². The molecule has 1 unspecified atom stereocenters. The lowest BCUT2D eigenvalue weighted by Crippen LogP contribution is -2.23. The lowest BCUT2D eigenvalue weighted by Gasteiger charge is -2.17. The highest BCUT2D eigenvalue weighted by molar-refractivity contribution is 5.24. The van der Waals surface area contributed by atoms with Gasteiger partial charge in [0.15, 0.2) is 0 Å². The van der Waals surface area contributed by atoms with Crippen molar-refractivity contribution in [3.05, 3.63) is 35.4 Å². The molecule has 1 heterocycles. The molecule has 0 spiro atoms. The Morgan fingerprint density at radius 1 is 1.24 bits per heavy atom. The Labute approximate surface area is 104 Å². The second kappa shape index (κ2) is 5.19. The van der Waals surface area contributed by atoms with E-state index in [4.69, 9.17) is 0 Å². The van der Waals surface area contributed by atoms with Crippen molar-refractivity contribution in [3.8, 4) is 0 Å². The van der Waals surface area contributed by atoms with Crippen molar-refractivity contribution in [2.75, 3.05) is 6.54 Å². The van der Waals surface area contributed by atoms with E-state index in [0.29, 0.717) is 6.04 Å². The standard InChI is InChI=1S/C15H23NO/c1-15(2,17)11-13-7-5-12(6-8-13)10-14-4-3-9-16-14/h5-8,14,16-17H,3-4,9-11H2,1-2H3. The molecule has 94 valence electrons. The summed E-state index contributed by atoms with van der Waals surface area (Å²) in [4.78, 5) is 0. The largest absolute Gasteiger partial charge is 0.390 e. The fourth-order valence-electron chi connectivity index (χ4n) is 2.51. The fraction of sp³-hybridized carbons (Fsp3) is 0.600. The minimum atomic E-state index is -0.617. The third-order valence-corrected chi connectivity index (χ3v) is 3.30. The smallest absolute Gasteiger partial charge is 0.0631 e. The molecule has 2 rings (SSSR count). The first-order valence-electron chi connectivity index (χ1n) is 6.56. The van der Waals surface area contributed by atoms with Crippen molar-refractivity contribution in [2.24, 2.45) is 0 Å². The molecule has 2 nitrogen and oxygen atoms in total. The fourth-order valence-corrected chi connectivity index (χ4v) is 2.51. The van der Waals surface area contributed by atoms with E-state index < -0.39 is 5.60 Å². The van der Waals surface area contributed by atoms with Gasteiger partial charge < -0.3 is 10.4 Å². The van der Waals surface area contributed by atoms with Crippen molar-refractivity contribution in [1.82, 2.24) is 5.32 Å². The molecule has 1 aliphatic heterocycles. The van der Waals surface area contributed by atoms with Gasteiger partial charge in [-0.3, -0.25) is 0 Å². The van der Waals surface area contributed by atoms with Crippen LogP contribution in [0, 0.1) is 0 Å². The maximum absolute atomic E-state index is 9.76. The van der Waals surface area contributed by atoms with Crippen LogP contribution in [0.25, 0.3) is 0 Å². The maximum Gasteiger partial charge on any atom is 0.0631 e. The Balaban J connectivity index is 1.93. The number of aliphatic hydroxyl groups is 1. The first-order valence-corrected chi connectivity index (χ1v) is 6.56. The third kappa shape index (κ3) is 4.14. The Kier molecular flexibility index (Phi) is 3.85. The molecular formula is C15H23NO. The van der Waals surface area contributed by atoms with E-state index in [-0.39, 0.29) is 0 Å². The van der Waals surface area contributed by atoms with E-state index in [9.17, 15) is 5.11 Å². The minimum absolute atomic E-state index is 0.617. The number of nitrogens with one attached hydrogen (secondary N) is 1. The molecule has 0 aromatic heterocycles. The zero-order valence-electron chi connectivity index (χ0n) is 10.9. The van der Waals surface area contributed by atoms with Crippen LogP contribution in [0.15, 0.2) is 24.3 Å². The van der Waals surface area contributed by atoms with E-state index in [1.807, 2.05) is 13.8 Å². The summed E-state index contributed by atoms with van der Waals surface area (Å²) in [7, 11) is 0. The highest BCUT2D eigenvalue weighted by Crippen LogP contribution is 2.16. The van der Waals surface area contributed by atoms with Gasteiger partial charge in [-0.2, -0.15) is 0 Å². The molecule has 1 atom stereocenters. The minimum Gasteiger partial charge on any atom is -0.390 e. The number of hydrogen-bond donors (Lipinski definition) is 2. The average Bonchev–Trinajstić information content (AvgIpc) is 2.71. The van der Waals surface area contributed by atoms with Crippen molar-refractivity contribution in [2.45, 2.75) is 51.2 Å². The summed E-state index contributed by atoms with van der Waals surface area (Å²) < 4.78 is 0. The van der Waals surface area contributed by atoms with E-state index in [1.165, 1.54) is 30.5 Å². The van der Waals surface area contributed by atoms with Gasteiger partial charge in [-0.1, -0.05) is 24.3 Å². The highest BCUT2D eigenvalue weighted by atomic mass is 16.3. The molecule has 1 saturated heterocycles. The lowest BCUT2D eigenvalue weighted by atomic mass is 9.96. The molecule has 0 saturated carbocycles. The number of hydrogen-bond acceptors (Lipinski definition) is 2. The number of benzene rings is 1. The zero-order chi connectivity index (χ0) is 12.3. The van der Waals surface area contributed by atoms with Crippen LogP contribution in [0.2, 0.25) is 0 Å². The summed E-state index contributed by atoms with van der Waals surface area (Å²) >= 11 is 0. The molecule has 1 aliphatic rings. The Bertz CT molecular complexity index is 344. The van der Waals surface area contributed by atoms with Crippen LogP contribution >= 0.6 is 0 Å². The van der Waals surface area contributed by atoms with Gasteiger partial charge in [-0.05, 0) is 50.8 Å². The van der Waals surface area contributed by atoms with Gasteiger partial charge in [0.2, 0.25) is 0 Å². The van der Waals surface area contributed by atoms with Crippen LogP contribution in [-0.2, 0) is 12.8 Å². The van der Waals surface area contributed by atoms with Crippen LogP contribution in [0.1, 0.15) is 37.8 Å². The van der Waals surface area contributed by atoms with Gasteiger partial charge in [0.25, 0.3) is 0 Å². The quantitative estimate of drug-likeness (QED) is 0.836. The monoisotopic (exact) mass is 233 g/mol. The second-order valence-corrected chi connectivity index (χ2v) is 5.80. The molecule has 0 bridgehead atoms. The van der Waals surface area contributed by atoms with Crippen LogP contribution in [0.5, 0.6) is 0 Å². The molecule has 0 amide bonds. The van der Waals surface area contributed by atoms with E-state index in [1.54, 1.807) is 0 Å². The van der Waals surface area contributed by atoms with E-state index in [0.717, 1.165) is 12.8 Å². The summed E-state index contributed by atoms with van der Waals surface area (Å²) in [6.45, 7) is 4.87. The normalized spacial score (nSPS) is 20.8. The number of rotatable bonds is 4. The van der Waals surface area contributed by atoms with Gasteiger partial charge in [0.1, 0.15) is 0 Å². The molecular weight excluding hydrogens is 210 g/mol. The summed E-state index contributed by atoms with van der Waals surface area (Å²) in [5, 5.41) is 13.3. The SMILES string of the molecule is CC(C)(O)Cc1ccc(CC2CCCN2)cc1. The van der Waals surface area contributed by atoms with Crippen molar-refractivity contribution < 1.29 is 5.11 Å². The van der Waals surface area contributed by atoms with E-state index >= 15 is 0 Å². The summed E-state index contributed by atoms with van der Waals surface area (Å²) in [6.07, 6.45) is 4.45. The molecule has 0 aliphatic carbocycles. The highest BCUT2D eigenvalue weighted by Gasteiger charge is 2.15. The zero-order valence-corrected chi connectivity index (χ0v) is 10.9. The first-order chi connectivity index (χ1) is 8.03. The Morgan fingerprint density at radius 3 is 2.41 bits per heavy atom. The van der Waals surface area contributed by atoms with Gasteiger partial charge in [-0.25, -0.2) is 0 Å². The Morgan fingerprint density at radius 2 is 1.88 bits per heavy atom. The predicted molar refractivity (Wildman–Crippen MR) is 71.2 cm³/mol. The van der Waals surface area contributed by atoms with Crippen LogP contribution < -0.4 is 5.32 Å².